The quantitative estimate of drug-likeness (QED) is 0.197. The van der Waals surface area contributed by atoms with Crippen LogP contribution in [-0.4, -0.2) is 109 Å². The minimum Gasteiger partial charge on any atom is -0.463 e. The highest BCUT2D eigenvalue weighted by molar-refractivity contribution is 5.91. The van der Waals surface area contributed by atoms with Crippen molar-refractivity contribution >= 4 is 35.8 Å². The lowest BCUT2D eigenvalue weighted by Gasteiger charge is -2.44. The molecular formula is C38H38O16. The van der Waals surface area contributed by atoms with E-state index >= 15 is 0 Å². The molecule has 2 saturated heterocycles. The van der Waals surface area contributed by atoms with Crippen LogP contribution in [0.25, 0.3) is 0 Å². The van der Waals surface area contributed by atoms with Crippen LogP contribution in [0.15, 0.2) is 91.0 Å². The van der Waals surface area contributed by atoms with E-state index in [4.69, 9.17) is 42.6 Å². The first-order chi connectivity index (χ1) is 25.9. The minimum atomic E-state index is -1.89. The molecule has 5 rings (SSSR count). The van der Waals surface area contributed by atoms with Gasteiger partial charge in [0, 0.05) is 20.8 Å². The van der Waals surface area contributed by atoms with Crippen molar-refractivity contribution in [1.82, 2.24) is 0 Å². The largest absolute Gasteiger partial charge is 0.463 e. The zero-order chi connectivity index (χ0) is 38.8. The average Bonchev–Trinajstić information content (AvgIpc) is 3.47. The summed E-state index contributed by atoms with van der Waals surface area (Å²) in [6.07, 6.45) is -14.3. The van der Waals surface area contributed by atoms with Crippen molar-refractivity contribution in [2.45, 2.75) is 76.1 Å². The summed E-state index contributed by atoms with van der Waals surface area (Å²) in [5.74, 6) is -4.98. The normalized spacial score (nSPS) is 26.1. The maximum Gasteiger partial charge on any atom is 0.338 e. The fourth-order valence-electron chi connectivity index (χ4n) is 5.74. The molecule has 0 aliphatic carbocycles. The topological polar surface area (TPSA) is 206 Å². The van der Waals surface area contributed by atoms with Crippen LogP contribution in [0, 0.1) is 0 Å². The first-order valence-corrected chi connectivity index (χ1v) is 16.8. The minimum absolute atomic E-state index is 0.105. The van der Waals surface area contributed by atoms with Gasteiger partial charge in [0.25, 0.3) is 0 Å². The Bertz CT molecular complexity index is 1770. The molecule has 0 aromatic heterocycles. The van der Waals surface area contributed by atoms with Gasteiger partial charge < -0.3 is 47.7 Å². The monoisotopic (exact) mass is 750 g/mol. The van der Waals surface area contributed by atoms with Gasteiger partial charge in [-0.15, -0.1) is 0 Å². The average molecular weight is 751 g/mol. The molecule has 2 aliphatic heterocycles. The Hall–Kier alpha value is -5.68. The third kappa shape index (κ3) is 10.3. The fraction of sp³-hybridized carbons (Fsp3) is 0.368. The molecule has 9 atom stereocenters. The van der Waals surface area contributed by atoms with Crippen molar-refractivity contribution < 1.29 is 76.5 Å². The van der Waals surface area contributed by atoms with Gasteiger partial charge in [0.1, 0.15) is 31.5 Å². The molecule has 0 radical (unpaired) electrons. The lowest BCUT2D eigenvalue weighted by atomic mass is 9.98. The van der Waals surface area contributed by atoms with Crippen LogP contribution in [-0.2, 0) is 57.0 Å². The number of esters is 6. The zero-order valence-corrected chi connectivity index (χ0v) is 29.3. The molecule has 286 valence electrons. The molecule has 3 aromatic carbocycles. The standard InChI is InChI=1S/C38H38O16/c1-21(39)46-19-27-29(31(48-22(2)40)32(37(45)50-27)49-23(3)41)54-38-33(53-36(44)26-17-11-6-12-18-26)30(52-35(43)25-15-9-5-10-16-25)28(51-38)20-47-34(42)24-13-7-4-8-14-24/h4-18,27-33,37-38,45H,19-20H2,1-3H3. The molecule has 16 nitrogen and oxygen atoms in total. The first kappa shape index (κ1) is 39.5. The molecule has 0 bridgehead atoms. The second-order valence-electron chi connectivity index (χ2n) is 12.1. The van der Waals surface area contributed by atoms with Crippen LogP contribution in [0.2, 0.25) is 0 Å². The predicted molar refractivity (Wildman–Crippen MR) is 180 cm³/mol. The molecule has 0 saturated carbocycles. The van der Waals surface area contributed by atoms with E-state index in [1.807, 2.05) is 0 Å². The summed E-state index contributed by atoms with van der Waals surface area (Å²) in [6.45, 7) is 2.11. The Morgan fingerprint density at radius 3 is 1.44 bits per heavy atom. The molecule has 3 aromatic rings. The number of hydrogen-bond acceptors (Lipinski definition) is 16. The molecule has 54 heavy (non-hydrogen) atoms. The van der Waals surface area contributed by atoms with Gasteiger partial charge in [0.05, 0.1) is 16.7 Å². The maximum absolute atomic E-state index is 13.6. The van der Waals surface area contributed by atoms with Gasteiger partial charge in [0.2, 0.25) is 0 Å². The highest BCUT2D eigenvalue weighted by Crippen LogP contribution is 2.35. The molecule has 1 N–H and O–H groups in total. The summed E-state index contributed by atoms with van der Waals surface area (Å²) < 4.78 is 51.4. The first-order valence-electron chi connectivity index (χ1n) is 16.8. The van der Waals surface area contributed by atoms with Crippen molar-refractivity contribution in [3.05, 3.63) is 108 Å². The summed E-state index contributed by atoms with van der Waals surface area (Å²) in [4.78, 5) is 76.3. The molecule has 0 spiro atoms. The van der Waals surface area contributed by atoms with Gasteiger partial charge in [-0.3, -0.25) is 14.4 Å². The summed E-state index contributed by atoms with van der Waals surface area (Å²) >= 11 is 0. The fourth-order valence-corrected chi connectivity index (χ4v) is 5.74. The van der Waals surface area contributed by atoms with Crippen molar-refractivity contribution in [3.63, 3.8) is 0 Å². The van der Waals surface area contributed by atoms with E-state index in [0.29, 0.717) is 0 Å². The Balaban J connectivity index is 1.54. The Labute approximate surface area is 309 Å². The van der Waals surface area contributed by atoms with Gasteiger partial charge in [0.15, 0.2) is 37.0 Å². The molecule has 16 heteroatoms. The van der Waals surface area contributed by atoms with E-state index in [-0.39, 0.29) is 16.7 Å². The van der Waals surface area contributed by atoms with Gasteiger partial charge in [-0.1, -0.05) is 54.6 Å². The molecule has 2 heterocycles. The summed E-state index contributed by atoms with van der Waals surface area (Å²) in [5, 5.41) is 10.8. The number of aliphatic hydroxyl groups is 1. The van der Waals surface area contributed by atoms with Crippen LogP contribution < -0.4 is 0 Å². The smallest absolute Gasteiger partial charge is 0.338 e. The molecule has 2 aliphatic rings. The number of aliphatic hydroxyl groups excluding tert-OH is 1. The lowest BCUT2D eigenvalue weighted by molar-refractivity contribution is -0.324. The highest BCUT2D eigenvalue weighted by Gasteiger charge is 2.56. The van der Waals surface area contributed by atoms with E-state index < -0.39 is 104 Å². The third-order valence-electron chi connectivity index (χ3n) is 8.12. The predicted octanol–water partition coefficient (Wildman–Crippen LogP) is 2.55. The summed E-state index contributed by atoms with van der Waals surface area (Å²) in [6, 6.07) is 23.7. The van der Waals surface area contributed by atoms with Crippen LogP contribution in [0.4, 0.5) is 0 Å². The molecule has 9 unspecified atom stereocenters. The number of benzene rings is 3. The molecular weight excluding hydrogens is 712 g/mol. The van der Waals surface area contributed by atoms with Crippen LogP contribution in [0.5, 0.6) is 0 Å². The van der Waals surface area contributed by atoms with Crippen LogP contribution >= 0.6 is 0 Å². The van der Waals surface area contributed by atoms with Crippen molar-refractivity contribution in [1.29, 1.82) is 0 Å². The van der Waals surface area contributed by atoms with Crippen LogP contribution in [0.3, 0.4) is 0 Å². The van der Waals surface area contributed by atoms with Crippen molar-refractivity contribution in [2.24, 2.45) is 0 Å². The Kier molecular flexibility index (Phi) is 13.5. The van der Waals surface area contributed by atoms with Crippen molar-refractivity contribution in [2.75, 3.05) is 13.2 Å². The second kappa shape index (κ2) is 18.4. The number of carbonyl (C=O) groups excluding carboxylic acids is 6. The van der Waals surface area contributed by atoms with Gasteiger partial charge in [-0.25, -0.2) is 14.4 Å². The van der Waals surface area contributed by atoms with Crippen molar-refractivity contribution in [3.8, 4) is 0 Å². The third-order valence-corrected chi connectivity index (χ3v) is 8.12. The SMILES string of the molecule is CC(=O)OCC1OC(O)C(OC(C)=O)C(OC(C)=O)C1OC1OC(COC(=O)c2ccccc2)C(OC(=O)c2ccccc2)C1OC(=O)c1ccccc1. The maximum atomic E-state index is 13.6. The van der Waals surface area contributed by atoms with Crippen LogP contribution in [0.1, 0.15) is 51.8 Å². The van der Waals surface area contributed by atoms with Gasteiger partial charge in [-0.05, 0) is 36.4 Å². The Morgan fingerprint density at radius 1 is 0.500 bits per heavy atom. The zero-order valence-electron chi connectivity index (χ0n) is 29.3. The summed E-state index contributed by atoms with van der Waals surface area (Å²) in [7, 11) is 0. The Morgan fingerprint density at radius 2 is 0.944 bits per heavy atom. The van der Waals surface area contributed by atoms with E-state index in [0.717, 1.165) is 20.8 Å². The number of ether oxygens (including phenoxy) is 9. The number of rotatable bonds is 13. The van der Waals surface area contributed by atoms with E-state index in [1.54, 1.807) is 54.6 Å². The number of carbonyl (C=O) groups is 6. The van der Waals surface area contributed by atoms with E-state index in [2.05, 4.69) is 0 Å². The lowest BCUT2D eigenvalue weighted by Crippen LogP contribution is -2.63. The van der Waals surface area contributed by atoms with Gasteiger partial charge in [-0.2, -0.15) is 0 Å². The molecule has 2 fully saturated rings. The number of hydrogen-bond donors (Lipinski definition) is 1. The second-order valence-corrected chi connectivity index (χ2v) is 12.1. The van der Waals surface area contributed by atoms with Gasteiger partial charge >= 0.3 is 35.8 Å². The summed E-state index contributed by atoms with van der Waals surface area (Å²) in [5.41, 5.74) is 0.443. The molecule has 0 amide bonds. The highest BCUT2D eigenvalue weighted by atomic mass is 16.8. The van der Waals surface area contributed by atoms with E-state index in [1.165, 1.54) is 36.4 Å². The van der Waals surface area contributed by atoms with E-state index in [9.17, 15) is 33.9 Å².